The average molecular weight is 299 g/mol. The molecule has 2 N–H and O–H groups in total. The second-order valence-electron chi connectivity index (χ2n) is 5.79. The fourth-order valence-electron chi connectivity index (χ4n) is 3.10. The molecule has 2 aliphatic heterocycles. The van der Waals surface area contributed by atoms with Crippen molar-refractivity contribution in [2.45, 2.75) is 12.5 Å². The number of piperazine rings is 1. The van der Waals surface area contributed by atoms with Gasteiger partial charge in [0.05, 0.1) is 11.6 Å². The Morgan fingerprint density at radius 3 is 2.64 bits per heavy atom. The number of nitriles is 1. The van der Waals surface area contributed by atoms with Crippen molar-refractivity contribution in [3.63, 3.8) is 0 Å². The number of carbonyl (C=O) groups excluding carboxylic acids is 1. The first kappa shape index (κ1) is 14.8. The summed E-state index contributed by atoms with van der Waals surface area (Å²) in [6.07, 6.45) is 1.04. The van der Waals surface area contributed by atoms with Gasteiger partial charge in [-0.25, -0.2) is 4.79 Å². The van der Waals surface area contributed by atoms with Crippen molar-refractivity contribution in [2.24, 2.45) is 0 Å². The molecule has 2 heterocycles. The molecule has 0 aromatic heterocycles. The number of hydrogen-bond donors (Lipinski definition) is 2. The number of amides is 2. The highest BCUT2D eigenvalue weighted by atomic mass is 16.2. The molecule has 0 spiro atoms. The fraction of sp³-hybridized carbons (Fsp3) is 0.500. The number of benzene rings is 1. The molecule has 2 fully saturated rings. The van der Waals surface area contributed by atoms with Crippen LogP contribution in [0.4, 0.5) is 10.5 Å². The first-order valence-electron chi connectivity index (χ1n) is 7.77. The molecule has 22 heavy (non-hydrogen) atoms. The van der Waals surface area contributed by atoms with Crippen LogP contribution in [0.25, 0.3) is 0 Å². The van der Waals surface area contributed by atoms with E-state index in [4.69, 9.17) is 5.26 Å². The number of anilines is 1. The lowest BCUT2D eigenvalue weighted by molar-refractivity contribution is 0.172. The fourth-order valence-corrected chi connectivity index (χ4v) is 3.10. The normalized spacial score (nSPS) is 22.3. The van der Waals surface area contributed by atoms with Crippen LogP contribution < -0.4 is 10.6 Å². The Balaban J connectivity index is 1.53. The highest BCUT2D eigenvalue weighted by molar-refractivity contribution is 5.89. The highest BCUT2D eigenvalue weighted by Gasteiger charge is 2.30. The maximum atomic E-state index is 12.3. The van der Waals surface area contributed by atoms with Crippen molar-refractivity contribution in [3.8, 4) is 6.07 Å². The molecule has 6 nitrogen and oxygen atoms in total. The predicted molar refractivity (Wildman–Crippen MR) is 84.6 cm³/mol. The zero-order chi connectivity index (χ0) is 15.4. The van der Waals surface area contributed by atoms with Crippen molar-refractivity contribution >= 4 is 11.7 Å². The van der Waals surface area contributed by atoms with E-state index in [2.05, 4.69) is 21.6 Å². The molecule has 2 aliphatic rings. The zero-order valence-corrected chi connectivity index (χ0v) is 12.6. The molecule has 1 unspecified atom stereocenters. The van der Waals surface area contributed by atoms with Crippen molar-refractivity contribution in [2.75, 3.05) is 44.6 Å². The summed E-state index contributed by atoms with van der Waals surface area (Å²) in [6.45, 7) is 5.80. The number of nitrogens with zero attached hydrogens (tertiary/aromatic N) is 3. The molecule has 2 amide bonds. The number of hydrogen-bond acceptors (Lipinski definition) is 4. The Kier molecular flexibility index (Phi) is 4.56. The van der Waals surface area contributed by atoms with E-state index in [1.807, 2.05) is 4.90 Å². The first-order chi connectivity index (χ1) is 10.8. The van der Waals surface area contributed by atoms with E-state index in [0.717, 1.165) is 51.4 Å². The van der Waals surface area contributed by atoms with Crippen LogP contribution in [0, 0.1) is 11.3 Å². The summed E-state index contributed by atoms with van der Waals surface area (Å²) in [5.74, 6) is 0. The van der Waals surface area contributed by atoms with Crippen molar-refractivity contribution in [1.29, 1.82) is 5.26 Å². The van der Waals surface area contributed by atoms with Gasteiger partial charge in [-0.15, -0.1) is 0 Å². The number of nitrogens with one attached hydrogen (secondary N) is 2. The SMILES string of the molecule is N#Cc1ccc(NC(=O)N2CCC(N3CCNCC3)C2)cc1. The summed E-state index contributed by atoms with van der Waals surface area (Å²) < 4.78 is 0. The van der Waals surface area contributed by atoms with Crippen molar-refractivity contribution in [1.82, 2.24) is 15.1 Å². The summed E-state index contributed by atoms with van der Waals surface area (Å²) in [5.41, 5.74) is 1.33. The molecule has 0 bridgehead atoms. The van der Waals surface area contributed by atoms with Gasteiger partial charge in [-0.05, 0) is 30.7 Å². The Morgan fingerprint density at radius 1 is 1.23 bits per heavy atom. The summed E-state index contributed by atoms with van der Waals surface area (Å²) >= 11 is 0. The van der Waals surface area contributed by atoms with Gasteiger partial charge in [-0.2, -0.15) is 5.26 Å². The van der Waals surface area contributed by atoms with Gasteiger partial charge in [0, 0.05) is 51.0 Å². The number of rotatable bonds is 2. The minimum absolute atomic E-state index is 0.0534. The standard InChI is InChI=1S/C16H21N5O/c17-11-13-1-3-14(4-2-13)19-16(22)21-8-5-15(12-21)20-9-6-18-7-10-20/h1-4,15,18H,5-10,12H2,(H,19,22). The summed E-state index contributed by atoms with van der Waals surface area (Å²) in [7, 11) is 0. The van der Waals surface area contributed by atoms with Gasteiger partial charge in [-0.1, -0.05) is 0 Å². The largest absolute Gasteiger partial charge is 0.323 e. The van der Waals surface area contributed by atoms with Crippen molar-refractivity contribution < 1.29 is 4.79 Å². The second kappa shape index (κ2) is 6.77. The molecule has 0 aliphatic carbocycles. The Bertz CT molecular complexity index is 559. The summed E-state index contributed by atoms with van der Waals surface area (Å²) in [4.78, 5) is 16.7. The third kappa shape index (κ3) is 3.38. The van der Waals surface area contributed by atoms with Crippen LogP contribution in [0.1, 0.15) is 12.0 Å². The molecular weight excluding hydrogens is 278 g/mol. The van der Waals surface area contributed by atoms with Gasteiger partial charge in [-0.3, -0.25) is 4.90 Å². The third-order valence-corrected chi connectivity index (χ3v) is 4.38. The van der Waals surface area contributed by atoms with Crippen LogP contribution in [0.2, 0.25) is 0 Å². The van der Waals surface area contributed by atoms with E-state index in [9.17, 15) is 4.79 Å². The van der Waals surface area contributed by atoms with Gasteiger partial charge >= 0.3 is 6.03 Å². The number of urea groups is 1. The molecule has 0 saturated carbocycles. The van der Waals surface area contributed by atoms with E-state index >= 15 is 0 Å². The van der Waals surface area contributed by atoms with Gasteiger partial charge in [0.15, 0.2) is 0 Å². The van der Waals surface area contributed by atoms with Crippen LogP contribution in [0.3, 0.4) is 0 Å². The minimum atomic E-state index is -0.0534. The van der Waals surface area contributed by atoms with Gasteiger partial charge < -0.3 is 15.5 Å². The van der Waals surface area contributed by atoms with Crippen molar-refractivity contribution in [3.05, 3.63) is 29.8 Å². The van der Waals surface area contributed by atoms with Crippen LogP contribution in [0.5, 0.6) is 0 Å². The van der Waals surface area contributed by atoms with E-state index in [0.29, 0.717) is 11.6 Å². The smallest absolute Gasteiger partial charge is 0.321 e. The highest BCUT2D eigenvalue weighted by Crippen LogP contribution is 2.18. The first-order valence-corrected chi connectivity index (χ1v) is 7.77. The number of carbonyl (C=O) groups is 1. The topological polar surface area (TPSA) is 71.4 Å². The minimum Gasteiger partial charge on any atom is -0.323 e. The molecule has 3 rings (SSSR count). The Hall–Kier alpha value is -2.10. The summed E-state index contributed by atoms with van der Waals surface area (Å²) in [6, 6.07) is 9.45. The lowest BCUT2D eigenvalue weighted by Crippen LogP contribution is -2.49. The zero-order valence-electron chi connectivity index (χ0n) is 12.6. The number of likely N-dealkylation sites (tertiary alicyclic amines) is 1. The molecule has 2 saturated heterocycles. The van der Waals surface area contributed by atoms with Crippen LogP contribution in [-0.2, 0) is 0 Å². The maximum Gasteiger partial charge on any atom is 0.321 e. The molecule has 1 aromatic rings. The average Bonchev–Trinajstić information content (AvgIpc) is 3.06. The van der Waals surface area contributed by atoms with Crippen LogP contribution in [0.15, 0.2) is 24.3 Å². The maximum absolute atomic E-state index is 12.3. The Labute approximate surface area is 130 Å². The quantitative estimate of drug-likeness (QED) is 0.857. The molecule has 1 aromatic carbocycles. The van der Waals surface area contributed by atoms with Gasteiger partial charge in [0.25, 0.3) is 0 Å². The van der Waals surface area contributed by atoms with Crippen LogP contribution in [-0.4, -0.2) is 61.1 Å². The lowest BCUT2D eigenvalue weighted by Gasteiger charge is -2.32. The molecular formula is C16H21N5O. The molecule has 0 radical (unpaired) electrons. The van der Waals surface area contributed by atoms with E-state index in [-0.39, 0.29) is 6.03 Å². The predicted octanol–water partition coefficient (Wildman–Crippen LogP) is 1.07. The second-order valence-corrected chi connectivity index (χ2v) is 5.79. The summed E-state index contributed by atoms with van der Waals surface area (Å²) in [5, 5.41) is 15.0. The van der Waals surface area contributed by atoms with Crippen LogP contribution >= 0.6 is 0 Å². The van der Waals surface area contributed by atoms with E-state index in [1.165, 1.54) is 0 Å². The molecule has 1 atom stereocenters. The van der Waals surface area contributed by atoms with Gasteiger partial charge in [0.1, 0.15) is 0 Å². The Morgan fingerprint density at radius 2 is 1.95 bits per heavy atom. The van der Waals surface area contributed by atoms with Gasteiger partial charge in [0.2, 0.25) is 0 Å². The van der Waals surface area contributed by atoms with E-state index < -0.39 is 0 Å². The monoisotopic (exact) mass is 299 g/mol. The third-order valence-electron chi connectivity index (χ3n) is 4.38. The lowest BCUT2D eigenvalue weighted by atomic mass is 10.2. The van der Waals surface area contributed by atoms with E-state index in [1.54, 1.807) is 24.3 Å². The molecule has 116 valence electrons. The molecule has 6 heteroatoms.